The first-order chi connectivity index (χ1) is 13.3. The average molecular weight is 393 g/mol. The Kier molecular flexibility index (Phi) is 4.02. The highest BCUT2D eigenvalue weighted by Gasteiger charge is 2.25. The quantitative estimate of drug-likeness (QED) is 0.279. The third-order valence-electron chi connectivity index (χ3n) is 4.52. The lowest BCUT2D eigenvalue weighted by Crippen LogP contribution is -2.15. The predicted octanol–water partition coefficient (Wildman–Crippen LogP) is 2.73. The molecule has 0 saturated heterocycles. The number of nitrogen functional groups attached to an aromatic ring is 1. The van der Waals surface area contributed by atoms with Gasteiger partial charge in [0.15, 0.2) is 11.9 Å². The van der Waals surface area contributed by atoms with E-state index >= 15 is 0 Å². The topological polar surface area (TPSA) is 140 Å². The summed E-state index contributed by atoms with van der Waals surface area (Å²) in [5.74, 6) is 0.284. The van der Waals surface area contributed by atoms with Crippen LogP contribution in [0.25, 0.3) is 33.4 Å². The Balaban J connectivity index is 2.32. The smallest absolute Gasteiger partial charge is 0.243 e. The number of fused-ring (bicyclic) bond motifs is 2. The summed E-state index contributed by atoms with van der Waals surface area (Å²) in [6, 6.07) is 14.8. The number of primary sulfonamides is 1. The van der Waals surface area contributed by atoms with E-state index in [1.54, 1.807) is 42.5 Å². The highest BCUT2D eigenvalue weighted by Crippen LogP contribution is 2.43. The monoisotopic (exact) mass is 393 g/mol. The van der Waals surface area contributed by atoms with Gasteiger partial charge in [0.2, 0.25) is 10.0 Å². The second-order valence-corrected chi connectivity index (χ2v) is 7.80. The van der Waals surface area contributed by atoms with Crippen molar-refractivity contribution >= 4 is 33.0 Å². The van der Waals surface area contributed by atoms with E-state index in [0.717, 1.165) is 6.29 Å². The van der Waals surface area contributed by atoms with Crippen molar-refractivity contribution in [1.29, 1.82) is 5.41 Å². The SMILES string of the molecule is N=c1ccc2c(-c3ccccc3C=O)c3ccc(N)c(S(N)(=O)=O)c3oc-2c1. The number of hydrogen-bond acceptors (Lipinski definition) is 6. The summed E-state index contributed by atoms with van der Waals surface area (Å²) in [5.41, 5.74) is 8.08. The van der Waals surface area contributed by atoms with Gasteiger partial charge in [0.1, 0.15) is 10.7 Å². The minimum Gasteiger partial charge on any atom is -0.454 e. The van der Waals surface area contributed by atoms with Crippen molar-refractivity contribution in [2.75, 3.05) is 5.73 Å². The summed E-state index contributed by atoms with van der Waals surface area (Å²) in [6.07, 6.45) is 0.730. The van der Waals surface area contributed by atoms with Crippen LogP contribution in [0.1, 0.15) is 10.4 Å². The zero-order valence-corrected chi connectivity index (χ0v) is 15.3. The van der Waals surface area contributed by atoms with Gasteiger partial charge >= 0.3 is 0 Å². The fourth-order valence-corrected chi connectivity index (χ4v) is 4.16. The van der Waals surface area contributed by atoms with Gasteiger partial charge in [0.25, 0.3) is 0 Å². The molecule has 5 N–H and O–H groups in total. The Morgan fingerprint density at radius 3 is 2.46 bits per heavy atom. The summed E-state index contributed by atoms with van der Waals surface area (Å²) >= 11 is 0. The van der Waals surface area contributed by atoms with Crippen LogP contribution >= 0.6 is 0 Å². The lowest BCUT2D eigenvalue weighted by molar-refractivity contribution is 0.112. The molecule has 2 aromatic rings. The maximum atomic E-state index is 12.2. The fourth-order valence-electron chi connectivity index (χ4n) is 3.36. The van der Waals surface area contributed by atoms with Gasteiger partial charge in [-0.05, 0) is 29.8 Å². The van der Waals surface area contributed by atoms with Crippen molar-refractivity contribution in [1.82, 2.24) is 0 Å². The van der Waals surface area contributed by atoms with E-state index in [9.17, 15) is 13.2 Å². The molecule has 0 atom stereocenters. The van der Waals surface area contributed by atoms with Crippen LogP contribution in [0.2, 0.25) is 0 Å². The molecule has 1 heterocycles. The minimum atomic E-state index is -4.19. The van der Waals surface area contributed by atoms with Crippen LogP contribution in [0.15, 0.2) is 63.9 Å². The van der Waals surface area contributed by atoms with Crippen LogP contribution in [0, 0.1) is 5.41 Å². The molecule has 0 bridgehead atoms. The number of hydrogen-bond donors (Lipinski definition) is 3. The van der Waals surface area contributed by atoms with Crippen LogP contribution in [-0.4, -0.2) is 14.7 Å². The number of carbonyl (C=O) groups is 1. The van der Waals surface area contributed by atoms with Crippen LogP contribution in [0.3, 0.4) is 0 Å². The Labute approximate surface area is 160 Å². The van der Waals surface area contributed by atoms with Gasteiger partial charge in [-0.3, -0.25) is 4.79 Å². The zero-order valence-electron chi connectivity index (χ0n) is 14.5. The first-order valence-electron chi connectivity index (χ1n) is 8.22. The molecule has 4 rings (SSSR count). The number of anilines is 1. The molecule has 1 aliphatic carbocycles. The average Bonchev–Trinajstić information content (AvgIpc) is 2.64. The summed E-state index contributed by atoms with van der Waals surface area (Å²) in [7, 11) is -4.19. The molecular formula is C20H15N3O4S. The van der Waals surface area contributed by atoms with E-state index in [1.165, 1.54) is 12.1 Å². The van der Waals surface area contributed by atoms with Crippen LogP contribution in [-0.2, 0) is 10.0 Å². The Hall–Kier alpha value is -3.49. The predicted molar refractivity (Wildman–Crippen MR) is 105 cm³/mol. The van der Waals surface area contributed by atoms with Gasteiger partial charge in [-0.1, -0.05) is 24.3 Å². The highest BCUT2D eigenvalue weighted by atomic mass is 32.2. The second-order valence-electron chi connectivity index (χ2n) is 6.30. The lowest BCUT2D eigenvalue weighted by atomic mass is 9.91. The number of aldehydes is 1. The van der Waals surface area contributed by atoms with Crippen molar-refractivity contribution < 1.29 is 17.6 Å². The van der Waals surface area contributed by atoms with E-state index in [0.29, 0.717) is 27.6 Å². The molecule has 0 fully saturated rings. The maximum absolute atomic E-state index is 12.2. The third kappa shape index (κ3) is 2.75. The number of benzene rings is 3. The molecular weight excluding hydrogens is 378 g/mol. The summed E-state index contributed by atoms with van der Waals surface area (Å²) < 4.78 is 30.2. The first-order valence-corrected chi connectivity index (χ1v) is 9.77. The number of rotatable bonds is 3. The number of nitrogens with two attached hydrogens (primary N) is 2. The van der Waals surface area contributed by atoms with Crippen LogP contribution in [0.4, 0.5) is 5.69 Å². The standard InChI is InChI=1S/C20H15N3O4S/c21-12-5-6-14-17(9-12)27-19-15(7-8-16(22)20(19)28(23,25)26)18(14)13-4-2-1-3-11(13)10-24/h1-10,21H,22H2,(H2,23,25,26). The molecule has 140 valence electrons. The van der Waals surface area contributed by atoms with Gasteiger partial charge in [-0.2, -0.15) is 0 Å². The molecule has 0 spiro atoms. The molecule has 0 saturated carbocycles. The first kappa shape index (κ1) is 17.9. The van der Waals surface area contributed by atoms with Gasteiger partial charge in [0, 0.05) is 28.1 Å². The van der Waals surface area contributed by atoms with Gasteiger partial charge in [0.05, 0.1) is 11.0 Å². The summed E-state index contributed by atoms with van der Waals surface area (Å²) in [5, 5.41) is 13.9. The largest absolute Gasteiger partial charge is 0.454 e. The van der Waals surface area contributed by atoms with E-state index in [4.69, 9.17) is 20.7 Å². The second kappa shape index (κ2) is 6.29. The molecule has 0 amide bonds. The normalized spacial score (nSPS) is 11.8. The molecule has 1 aliphatic heterocycles. The van der Waals surface area contributed by atoms with E-state index < -0.39 is 10.0 Å². The lowest BCUT2D eigenvalue weighted by Gasteiger charge is -2.18. The molecule has 0 radical (unpaired) electrons. The van der Waals surface area contributed by atoms with Crippen LogP contribution in [0.5, 0.6) is 0 Å². The summed E-state index contributed by atoms with van der Waals surface area (Å²) in [6.45, 7) is 0. The Bertz CT molecular complexity index is 1390. The fraction of sp³-hybridized carbons (Fsp3) is 0. The molecule has 7 nitrogen and oxygen atoms in total. The molecule has 2 aromatic carbocycles. The maximum Gasteiger partial charge on any atom is 0.243 e. The van der Waals surface area contributed by atoms with Crippen molar-refractivity contribution in [2.24, 2.45) is 5.14 Å². The minimum absolute atomic E-state index is 0.0173. The zero-order chi connectivity index (χ0) is 20.1. The van der Waals surface area contributed by atoms with Gasteiger partial charge < -0.3 is 15.6 Å². The van der Waals surface area contributed by atoms with Crippen molar-refractivity contribution in [3.05, 3.63) is 65.5 Å². The van der Waals surface area contributed by atoms with Crippen molar-refractivity contribution in [2.45, 2.75) is 4.90 Å². The number of sulfonamides is 1. The van der Waals surface area contributed by atoms with Gasteiger partial charge in [-0.25, -0.2) is 13.6 Å². The number of carbonyl (C=O) groups excluding carboxylic acids is 1. The highest BCUT2D eigenvalue weighted by molar-refractivity contribution is 7.89. The molecule has 8 heteroatoms. The summed E-state index contributed by atoms with van der Waals surface area (Å²) in [4.78, 5) is 11.3. The Morgan fingerprint density at radius 2 is 1.75 bits per heavy atom. The third-order valence-corrected chi connectivity index (χ3v) is 5.51. The molecule has 2 aliphatic rings. The van der Waals surface area contributed by atoms with E-state index in [1.807, 2.05) is 0 Å². The van der Waals surface area contributed by atoms with Gasteiger partial charge in [-0.15, -0.1) is 0 Å². The molecule has 0 aromatic heterocycles. The van der Waals surface area contributed by atoms with E-state index in [2.05, 4.69) is 0 Å². The van der Waals surface area contributed by atoms with Crippen molar-refractivity contribution in [3.8, 4) is 22.5 Å². The van der Waals surface area contributed by atoms with Crippen molar-refractivity contribution in [3.63, 3.8) is 0 Å². The van der Waals surface area contributed by atoms with E-state index in [-0.39, 0.29) is 27.3 Å². The Morgan fingerprint density at radius 1 is 1.00 bits per heavy atom. The molecule has 0 unspecified atom stereocenters. The number of nitrogens with one attached hydrogen (secondary N) is 1. The molecule has 28 heavy (non-hydrogen) atoms. The van der Waals surface area contributed by atoms with Crippen LogP contribution < -0.4 is 16.2 Å².